The molecule has 1 aliphatic rings. The second-order valence-electron chi connectivity index (χ2n) is 4.41. The first kappa shape index (κ1) is 10.8. The lowest BCUT2D eigenvalue weighted by Crippen LogP contribution is -2.26. The smallest absolute Gasteiger partial charge is 0.283 e. The molecule has 1 aliphatic carbocycles. The summed E-state index contributed by atoms with van der Waals surface area (Å²) >= 11 is 0. The molecule has 0 aromatic carbocycles. The largest absolute Gasteiger partial charge is 0.425 e. The van der Waals surface area contributed by atoms with E-state index in [4.69, 9.17) is 6.48 Å². The molecule has 94 valence electrons. The normalized spacial score (nSPS) is 18.1. The number of aliphatic hydroxyl groups excluding tert-OH is 1. The summed E-state index contributed by atoms with van der Waals surface area (Å²) in [6.45, 7) is -0.708. The molecule has 1 aromatic rings. The lowest BCUT2D eigenvalue weighted by atomic mass is 9.86. The van der Waals surface area contributed by atoms with Crippen LogP contribution in [0.2, 0.25) is 0 Å². The number of aliphatic hydroxyl groups is 1. The minimum Gasteiger partial charge on any atom is -0.425 e. The molecule has 0 amide bonds. The minimum absolute atomic E-state index is 0.0836. The molecule has 1 saturated carbocycles. The van der Waals surface area contributed by atoms with Crippen LogP contribution >= 0.6 is 0 Å². The van der Waals surface area contributed by atoms with Crippen molar-refractivity contribution < 1.29 is 16.1 Å². The summed E-state index contributed by atoms with van der Waals surface area (Å²) in [5.41, 5.74) is -1.38. The van der Waals surface area contributed by atoms with Gasteiger partial charge in [0, 0.05) is 17.5 Å². The highest BCUT2D eigenvalue weighted by atomic mass is 19.1. The molecule has 0 saturated heterocycles. The molecule has 2 N–H and O–H groups in total. The van der Waals surface area contributed by atoms with Gasteiger partial charge < -0.3 is 10.3 Å². The number of halogens is 1. The number of pyridine rings is 1. The van der Waals surface area contributed by atoms with Gasteiger partial charge in [-0.2, -0.15) is 0 Å². The topological polar surface area (TPSA) is 62.5 Å². The molecule has 4 nitrogen and oxygen atoms in total. The summed E-state index contributed by atoms with van der Waals surface area (Å²) in [6.07, 6.45) is 4.33. The van der Waals surface area contributed by atoms with Gasteiger partial charge in [-0.3, -0.25) is 4.79 Å². The Hall–Kier alpha value is -1.36. The van der Waals surface area contributed by atoms with Crippen molar-refractivity contribution in [1.29, 1.82) is 0 Å². The van der Waals surface area contributed by atoms with Crippen LogP contribution in [-0.4, -0.2) is 15.0 Å². The van der Waals surface area contributed by atoms with Crippen molar-refractivity contribution in [3.8, 4) is 0 Å². The van der Waals surface area contributed by atoms with Crippen molar-refractivity contribution in [3.05, 3.63) is 33.5 Å². The maximum Gasteiger partial charge on any atom is 0.283 e. The summed E-state index contributed by atoms with van der Waals surface area (Å²) < 4.78 is 21.8. The number of aromatic nitrogens is 1. The summed E-state index contributed by atoms with van der Waals surface area (Å²) in [5.74, 6) is -1.04. The van der Waals surface area contributed by atoms with Crippen LogP contribution in [0.4, 0.5) is 4.39 Å². The molecular formula is C12H16FNO3. The molecule has 0 radical (unpaired) electrons. The summed E-state index contributed by atoms with van der Waals surface area (Å²) in [5, 5.41) is 18.7. The van der Waals surface area contributed by atoms with E-state index in [9.17, 15) is 14.4 Å². The van der Waals surface area contributed by atoms with Crippen LogP contribution < -0.4 is 5.56 Å². The van der Waals surface area contributed by atoms with Crippen molar-refractivity contribution in [2.24, 2.45) is 0 Å². The second-order valence-corrected chi connectivity index (χ2v) is 4.41. The lowest BCUT2D eigenvalue weighted by molar-refractivity contribution is 0.149. The molecule has 1 fully saturated rings. The summed E-state index contributed by atoms with van der Waals surface area (Å²) in [7, 11) is 0. The highest BCUT2D eigenvalue weighted by molar-refractivity contribution is 5.22. The highest BCUT2D eigenvalue weighted by Gasteiger charge is 2.25. The lowest BCUT2D eigenvalue weighted by Gasteiger charge is -2.23. The SMILES string of the molecule is [2H]c1c(CO)c(F)c(C2CCCCC2)n(O)c1=O. The van der Waals surface area contributed by atoms with Crippen molar-refractivity contribution in [3.63, 3.8) is 0 Å². The second kappa shape index (κ2) is 4.87. The van der Waals surface area contributed by atoms with Gasteiger partial charge in [-0.25, -0.2) is 4.39 Å². The Morgan fingerprint density at radius 3 is 2.71 bits per heavy atom. The van der Waals surface area contributed by atoms with E-state index in [1.54, 1.807) is 0 Å². The maximum absolute atomic E-state index is 14.2. The number of rotatable bonds is 2. The monoisotopic (exact) mass is 242 g/mol. The summed E-state index contributed by atoms with van der Waals surface area (Å²) in [6, 6.07) is -0.683. The van der Waals surface area contributed by atoms with E-state index in [0.717, 1.165) is 19.3 Å². The van der Waals surface area contributed by atoms with Gasteiger partial charge in [-0.15, -0.1) is 4.73 Å². The molecule has 0 aliphatic heterocycles. The minimum atomic E-state index is -0.971. The van der Waals surface area contributed by atoms with E-state index >= 15 is 0 Å². The first-order valence-corrected chi connectivity index (χ1v) is 5.82. The quantitative estimate of drug-likeness (QED) is 0.777. The van der Waals surface area contributed by atoms with Gasteiger partial charge in [0.1, 0.15) is 5.69 Å². The molecule has 2 rings (SSSR count). The van der Waals surface area contributed by atoms with Crippen LogP contribution in [0.5, 0.6) is 0 Å². The van der Waals surface area contributed by atoms with Crippen molar-refractivity contribution >= 4 is 0 Å². The van der Waals surface area contributed by atoms with Gasteiger partial charge in [-0.05, 0) is 12.8 Å². The zero-order chi connectivity index (χ0) is 13.3. The van der Waals surface area contributed by atoms with E-state index in [0.29, 0.717) is 12.8 Å². The number of nitrogens with zero attached hydrogens (tertiary/aromatic N) is 1. The molecule has 1 aromatic heterocycles. The van der Waals surface area contributed by atoms with Crippen molar-refractivity contribution in [2.45, 2.75) is 44.6 Å². The Morgan fingerprint density at radius 2 is 2.12 bits per heavy atom. The van der Waals surface area contributed by atoms with E-state index in [1.165, 1.54) is 0 Å². The molecule has 0 spiro atoms. The number of hydrogen-bond acceptors (Lipinski definition) is 3. The highest BCUT2D eigenvalue weighted by Crippen LogP contribution is 2.33. The third kappa shape index (κ3) is 2.20. The van der Waals surface area contributed by atoms with Crippen LogP contribution in [-0.2, 0) is 6.61 Å². The van der Waals surface area contributed by atoms with Crippen LogP contribution in [0, 0.1) is 5.82 Å². The van der Waals surface area contributed by atoms with Gasteiger partial charge in [0.25, 0.3) is 5.56 Å². The molecule has 0 atom stereocenters. The van der Waals surface area contributed by atoms with E-state index in [-0.39, 0.29) is 21.9 Å². The fraction of sp³-hybridized carbons (Fsp3) is 0.583. The fourth-order valence-electron chi connectivity index (χ4n) is 2.43. The molecule has 5 heteroatoms. The molecule has 0 bridgehead atoms. The standard InChI is InChI=1S/C12H16FNO3/c13-11-9(7-15)6-10(16)14(17)12(11)8-4-2-1-3-5-8/h6,8,15,17H,1-5,7H2/i6D. The van der Waals surface area contributed by atoms with E-state index in [2.05, 4.69) is 0 Å². The molecule has 1 heterocycles. The zero-order valence-electron chi connectivity index (χ0n) is 10.4. The molecular weight excluding hydrogens is 225 g/mol. The van der Waals surface area contributed by atoms with Crippen LogP contribution in [0.15, 0.2) is 10.8 Å². The average Bonchev–Trinajstić information content (AvgIpc) is 2.38. The predicted octanol–water partition coefficient (Wildman–Crippen LogP) is 1.76. The zero-order valence-corrected chi connectivity index (χ0v) is 9.45. The molecule has 0 unspecified atom stereocenters. The van der Waals surface area contributed by atoms with Gasteiger partial charge in [-0.1, -0.05) is 19.3 Å². The van der Waals surface area contributed by atoms with Crippen LogP contribution in [0.1, 0.15) is 50.7 Å². The first-order chi connectivity index (χ1) is 8.57. The van der Waals surface area contributed by atoms with E-state index < -0.39 is 24.0 Å². The van der Waals surface area contributed by atoms with E-state index in [1.807, 2.05) is 0 Å². The third-order valence-electron chi connectivity index (χ3n) is 3.32. The van der Waals surface area contributed by atoms with Gasteiger partial charge >= 0.3 is 0 Å². The third-order valence-corrected chi connectivity index (χ3v) is 3.32. The van der Waals surface area contributed by atoms with Gasteiger partial charge in [0.2, 0.25) is 0 Å². The summed E-state index contributed by atoms with van der Waals surface area (Å²) in [4.78, 5) is 11.6. The average molecular weight is 242 g/mol. The van der Waals surface area contributed by atoms with Gasteiger partial charge in [0.05, 0.1) is 7.98 Å². The maximum atomic E-state index is 14.2. The first-order valence-electron chi connectivity index (χ1n) is 6.32. The number of hydrogen-bond donors (Lipinski definition) is 2. The van der Waals surface area contributed by atoms with Crippen molar-refractivity contribution in [1.82, 2.24) is 4.73 Å². The predicted molar refractivity (Wildman–Crippen MR) is 59.6 cm³/mol. The van der Waals surface area contributed by atoms with Gasteiger partial charge in [0.15, 0.2) is 5.82 Å². The van der Waals surface area contributed by atoms with Crippen LogP contribution in [0.3, 0.4) is 0 Å². The Morgan fingerprint density at radius 1 is 1.47 bits per heavy atom. The Labute approximate surface area is 99.7 Å². The Kier molecular flexibility index (Phi) is 3.09. The Bertz CT molecular complexity index is 509. The molecule has 17 heavy (non-hydrogen) atoms. The van der Waals surface area contributed by atoms with Crippen LogP contribution in [0.25, 0.3) is 0 Å². The van der Waals surface area contributed by atoms with Crippen molar-refractivity contribution in [2.75, 3.05) is 0 Å². The fourth-order valence-corrected chi connectivity index (χ4v) is 2.43. The Balaban J connectivity index is 2.58.